The van der Waals surface area contributed by atoms with Gasteiger partial charge in [-0.1, -0.05) is 37.3 Å². The second-order valence-corrected chi connectivity index (χ2v) is 5.06. The van der Waals surface area contributed by atoms with Crippen molar-refractivity contribution in [2.75, 3.05) is 18.0 Å². The third kappa shape index (κ3) is 3.42. The average molecular weight is 286 g/mol. The number of hydrogen-bond donors (Lipinski definition) is 1. The first-order chi connectivity index (χ1) is 10.2. The summed E-state index contributed by atoms with van der Waals surface area (Å²) in [7, 11) is 0. The summed E-state index contributed by atoms with van der Waals surface area (Å²) in [6.45, 7) is 8.43. The summed E-state index contributed by atoms with van der Waals surface area (Å²) in [5.74, 6) is -0.171. The van der Waals surface area contributed by atoms with Gasteiger partial charge in [0.1, 0.15) is 5.82 Å². The fourth-order valence-electron chi connectivity index (χ4n) is 2.58. The van der Waals surface area contributed by atoms with Gasteiger partial charge in [0.2, 0.25) is 0 Å². The van der Waals surface area contributed by atoms with Crippen molar-refractivity contribution in [3.05, 3.63) is 59.4 Å². The van der Waals surface area contributed by atoms with Crippen LogP contribution in [0.25, 0.3) is 0 Å². The lowest BCUT2D eigenvalue weighted by molar-refractivity contribution is 0.619. The van der Waals surface area contributed by atoms with Gasteiger partial charge >= 0.3 is 0 Å². The number of halogens is 1. The Morgan fingerprint density at radius 1 is 1.05 bits per heavy atom. The van der Waals surface area contributed by atoms with Gasteiger partial charge in [-0.3, -0.25) is 0 Å². The topological polar surface area (TPSA) is 15.3 Å². The van der Waals surface area contributed by atoms with Gasteiger partial charge in [-0.2, -0.15) is 0 Å². The van der Waals surface area contributed by atoms with Crippen molar-refractivity contribution in [1.29, 1.82) is 0 Å². The molecule has 0 heterocycles. The highest BCUT2D eigenvalue weighted by Crippen LogP contribution is 2.32. The molecule has 0 spiro atoms. The smallest absolute Gasteiger partial charge is 0.147 e. The van der Waals surface area contributed by atoms with E-state index < -0.39 is 0 Å². The monoisotopic (exact) mass is 286 g/mol. The van der Waals surface area contributed by atoms with Crippen molar-refractivity contribution >= 4 is 11.4 Å². The predicted molar refractivity (Wildman–Crippen MR) is 87.6 cm³/mol. The summed E-state index contributed by atoms with van der Waals surface area (Å²) in [4.78, 5) is 2.05. The van der Waals surface area contributed by atoms with E-state index in [0.717, 1.165) is 29.9 Å². The maximum atomic E-state index is 14.5. The molecule has 2 aromatic rings. The Morgan fingerprint density at radius 3 is 2.48 bits per heavy atom. The highest BCUT2D eigenvalue weighted by Gasteiger charge is 2.17. The number of hydrogen-bond acceptors (Lipinski definition) is 2. The largest absolute Gasteiger partial charge is 0.339 e. The minimum absolute atomic E-state index is 0.171. The van der Waals surface area contributed by atoms with E-state index in [-0.39, 0.29) is 5.82 Å². The van der Waals surface area contributed by atoms with E-state index >= 15 is 0 Å². The first kappa shape index (κ1) is 15.5. The predicted octanol–water partition coefficient (Wildman–Crippen LogP) is 4.40. The summed E-state index contributed by atoms with van der Waals surface area (Å²) in [5, 5.41) is 3.28. The second kappa shape index (κ2) is 7.23. The van der Waals surface area contributed by atoms with Crippen LogP contribution in [0.4, 0.5) is 15.8 Å². The molecule has 0 aliphatic rings. The maximum Gasteiger partial charge on any atom is 0.147 e. The molecule has 0 fully saturated rings. The van der Waals surface area contributed by atoms with Crippen LogP contribution < -0.4 is 10.2 Å². The molecule has 0 aliphatic carbocycles. The fraction of sp³-hybridized carbons (Fsp3) is 0.333. The lowest BCUT2D eigenvalue weighted by atomic mass is 10.1. The van der Waals surface area contributed by atoms with Gasteiger partial charge in [0.15, 0.2) is 0 Å². The van der Waals surface area contributed by atoms with E-state index in [4.69, 9.17) is 0 Å². The molecule has 1 N–H and O–H groups in total. The van der Waals surface area contributed by atoms with Crippen molar-refractivity contribution in [2.45, 2.75) is 27.3 Å². The van der Waals surface area contributed by atoms with Crippen LogP contribution in [0.15, 0.2) is 42.5 Å². The molecule has 3 heteroatoms. The van der Waals surface area contributed by atoms with Crippen molar-refractivity contribution in [2.24, 2.45) is 0 Å². The summed E-state index contributed by atoms with van der Waals surface area (Å²) in [5.41, 5.74) is 3.87. The molecule has 0 radical (unpaired) electrons. The van der Waals surface area contributed by atoms with E-state index in [2.05, 4.69) is 37.1 Å². The SMILES string of the molecule is CCNCc1cccc(F)c1N(CC)c1ccccc1C. The standard InChI is InChI=1S/C18H23FN2/c1-4-20-13-15-10-8-11-16(19)18(15)21(5-2)17-12-7-6-9-14(17)3/h6-12,20H,4-5,13H2,1-3H3. The van der Waals surface area contributed by atoms with Crippen LogP contribution in [0, 0.1) is 12.7 Å². The number of aryl methyl sites for hydroxylation is 1. The molecule has 0 unspecified atom stereocenters. The molecule has 2 rings (SSSR count). The van der Waals surface area contributed by atoms with Crippen LogP contribution in [-0.2, 0) is 6.54 Å². The summed E-state index contributed by atoms with van der Waals surface area (Å²) in [6.07, 6.45) is 0. The number of para-hydroxylation sites is 2. The highest BCUT2D eigenvalue weighted by molar-refractivity contribution is 5.69. The first-order valence-corrected chi connectivity index (χ1v) is 7.50. The zero-order chi connectivity index (χ0) is 15.2. The van der Waals surface area contributed by atoms with Gasteiger partial charge in [0.05, 0.1) is 5.69 Å². The van der Waals surface area contributed by atoms with Crippen molar-refractivity contribution in [3.8, 4) is 0 Å². The third-order valence-electron chi connectivity index (χ3n) is 3.63. The fourth-order valence-corrected chi connectivity index (χ4v) is 2.58. The van der Waals surface area contributed by atoms with E-state index in [9.17, 15) is 4.39 Å². The van der Waals surface area contributed by atoms with Gasteiger partial charge < -0.3 is 10.2 Å². The van der Waals surface area contributed by atoms with Crippen LogP contribution in [-0.4, -0.2) is 13.1 Å². The molecule has 21 heavy (non-hydrogen) atoms. The molecule has 0 aromatic heterocycles. The molecule has 0 saturated heterocycles. The van der Waals surface area contributed by atoms with Crippen LogP contribution >= 0.6 is 0 Å². The Labute approximate surface area is 126 Å². The molecular weight excluding hydrogens is 263 g/mol. The summed E-state index contributed by atoms with van der Waals surface area (Å²) < 4.78 is 14.5. The number of anilines is 2. The molecule has 0 aliphatic heterocycles. The first-order valence-electron chi connectivity index (χ1n) is 7.50. The van der Waals surface area contributed by atoms with Gasteiger partial charge in [0.25, 0.3) is 0 Å². The maximum absolute atomic E-state index is 14.5. The van der Waals surface area contributed by atoms with Crippen molar-refractivity contribution in [1.82, 2.24) is 5.32 Å². The minimum atomic E-state index is -0.171. The molecule has 0 saturated carbocycles. The van der Waals surface area contributed by atoms with E-state index in [0.29, 0.717) is 12.2 Å². The Balaban J connectivity index is 2.49. The number of nitrogens with zero attached hydrogens (tertiary/aromatic N) is 1. The molecule has 0 atom stereocenters. The molecule has 2 nitrogen and oxygen atoms in total. The van der Waals surface area contributed by atoms with Gasteiger partial charge in [-0.15, -0.1) is 0 Å². The van der Waals surface area contributed by atoms with Crippen LogP contribution in [0.1, 0.15) is 25.0 Å². The third-order valence-corrected chi connectivity index (χ3v) is 3.63. The normalized spacial score (nSPS) is 10.7. The lowest BCUT2D eigenvalue weighted by Crippen LogP contribution is -2.22. The summed E-state index contributed by atoms with van der Waals surface area (Å²) in [6, 6.07) is 13.4. The van der Waals surface area contributed by atoms with Crippen molar-refractivity contribution in [3.63, 3.8) is 0 Å². The molecule has 0 amide bonds. The Bertz CT molecular complexity index is 596. The van der Waals surface area contributed by atoms with Crippen molar-refractivity contribution < 1.29 is 4.39 Å². The zero-order valence-electron chi connectivity index (χ0n) is 13.0. The number of nitrogens with one attached hydrogen (secondary N) is 1. The Kier molecular flexibility index (Phi) is 5.34. The zero-order valence-corrected chi connectivity index (χ0v) is 13.0. The quantitative estimate of drug-likeness (QED) is 0.846. The molecular formula is C18H23FN2. The number of rotatable bonds is 6. The van der Waals surface area contributed by atoms with Crippen LogP contribution in [0.2, 0.25) is 0 Å². The summed E-state index contributed by atoms with van der Waals surface area (Å²) >= 11 is 0. The molecule has 2 aromatic carbocycles. The Hall–Kier alpha value is -1.87. The van der Waals surface area contributed by atoms with E-state index in [1.807, 2.05) is 24.3 Å². The van der Waals surface area contributed by atoms with Gasteiger partial charge in [-0.25, -0.2) is 4.39 Å². The second-order valence-electron chi connectivity index (χ2n) is 5.06. The van der Waals surface area contributed by atoms with E-state index in [1.54, 1.807) is 6.07 Å². The highest BCUT2D eigenvalue weighted by atomic mass is 19.1. The number of benzene rings is 2. The average Bonchev–Trinajstić information content (AvgIpc) is 2.49. The molecule has 0 bridgehead atoms. The van der Waals surface area contributed by atoms with E-state index in [1.165, 1.54) is 6.07 Å². The van der Waals surface area contributed by atoms with Crippen LogP contribution in [0.3, 0.4) is 0 Å². The van der Waals surface area contributed by atoms with Gasteiger partial charge in [0, 0.05) is 18.8 Å². The Morgan fingerprint density at radius 2 is 1.81 bits per heavy atom. The molecule has 112 valence electrons. The lowest BCUT2D eigenvalue weighted by Gasteiger charge is -2.28. The van der Waals surface area contributed by atoms with Gasteiger partial charge in [-0.05, 0) is 43.7 Å². The minimum Gasteiger partial charge on any atom is -0.339 e. The van der Waals surface area contributed by atoms with Crippen LogP contribution in [0.5, 0.6) is 0 Å².